The second kappa shape index (κ2) is 7.16. The second-order valence-corrected chi connectivity index (χ2v) is 5.78. The molecule has 0 aliphatic heterocycles. The van der Waals surface area contributed by atoms with Gasteiger partial charge in [-0.2, -0.15) is 9.78 Å². The first-order valence-corrected chi connectivity index (χ1v) is 7.93. The van der Waals surface area contributed by atoms with E-state index in [4.69, 9.17) is 15.9 Å². The van der Waals surface area contributed by atoms with Crippen LogP contribution in [0.15, 0.2) is 48.5 Å². The summed E-state index contributed by atoms with van der Waals surface area (Å²) < 4.78 is 6.14. The van der Waals surface area contributed by atoms with Crippen LogP contribution >= 0.6 is 0 Å². The van der Waals surface area contributed by atoms with Crippen LogP contribution in [-0.2, 0) is 6.42 Å². The summed E-state index contributed by atoms with van der Waals surface area (Å²) in [5, 5.41) is 33.2. The van der Waals surface area contributed by atoms with Gasteiger partial charge in [0.05, 0.1) is 12.0 Å². The third kappa shape index (κ3) is 3.56. The van der Waals surface area contributed by atoms with Gasteiger partial charge in [-0.1, -0.05) is 12.1 Å². The molecule has 9 nitrogen and oxygen atoms in total. The van der Waals surface area contributed by atoms with Gasteiger partial charge in [-0.15, -0.1) is 0 Å². The first kappa shape index (κ1) is 17.9. The van der Waals surface area contributed by atoms with Crippen molar-refractivity contribution < 1.29 is 14.8 Å². The number of non-ortho nitro benzene ring substituents is 1. The van der Waals surface area contributed by atoms with Crippen molar-refractivity contribution in [3.63, 3.8) is 0 Å². The van der Waals surface area contributed by atoms with Gasteiger partial charge in [0.15, 0.2) is 0 Å². The maximum atomic E-state index is 10.9. The van der Waals surface area contributed by atoms with Crippen LogP contribution < -0.4 is 10.5 Å². The van der Waals surface area contributed by atoms with Gasteiger partial charge in [0.2, 0.25) is 11.8 Å². The summed E-state index contributed by atoms with van der Waals surface area (Å²) in [6.45, 7) is 0. The highest BCUT2D eigenvalue weighted by atomic mass is 16.6. The first-order valence-electron chi connectivity index (χ1n) is 7.93. The molecule has 2 aromatic carbocycles. The lowest BCUT2D eigenvalue weighted by Crippen LogP contribution is -2.21. The van der Waals surface area contributed by atoms with Crippen molar-refractivity contribution in [2.24, 2.45) is 5.73 Å². The Hall–Kier alpha value is -3.88. The van der Waals surface area contributed by atoms with Gasteiger partial charge >= 0.3 is 0 Å². The molecular weight excluding hydrogens is 350 g/mol. The summed E-state index contributed by atoms with van der Waals surface area (Å²) in [6, 6.07) is 13.1. The zero-order valence-electron chi connectivity index (χ0n) is 14.4. The molecule has 0 atom stereocenters. The number of hydrogen-bond donors (Lipinski definition) is 3. The number of methoxy groups -OCH3 is 1. The summed E-state index contributed by atoms with van der Waals surface area (Å²) in [5.41, 5.74) is 7.70. The van der Waals surface area contributed by atoms with Crippen molar-refractivity contribution in [3.8, 4) is 22.9 Å². The molecular formula is C18H17N5O4. The lowest BCUT2D eigenvalue weighted by molar-refractivity contribution is -0.384. The standard InChI is InChI=1S/C18H17N5O4/c1-27-14-4-2-3-11(9-14)10-15-16(21-22(17(15)24)18(19)20)12-5-7-13(8-6-12)23(25)26/h2-9,24H,10H2,1H3,(H3,19,20). The molecule has 0 fully saturated rings. The van der Waals surface area contributed by atoms with Crippen molar-refractivity contribution in [3.05, 3.63) is 69.8 Å². The quantitative estimate of drug-likeness (QED) is 0.274. The minimum absolute atomic E-state index is 0.0525. The minimum Gasteiger partial charge on any atom is -0.497 e. The number of ether oxygens (including phenoxy) is 1. The highest BCUT2D eigenvalue weighted by Crippen LogP contribution is 2.33. The van der Waals surface area contributed by atoms with E-state index in [9.17, 15) is 15.2 Å². The largest absolute Gasteiger partial charge is 0.497 e. The van der Waals surface area contributed by atoms with E-state index >= 15 is 0 Å². The summed E-state index contributed by atoms with van der Waals surface area (Å²) in [4.78, 5) is 10.4. The topological polar surface area (TPSA) is 140 Å². The number of nitrogens with zero attached hydrogens (tertiary/aromatic N) is 3. The highest BCUT2D eigenvalue weighted by Gasteiger charge is 2.21. The van der Waals surface area contributed by atoms with Gasteiger partial charge in [0, 0.05) is 29.7 Å². The van der Waals surface area contributed by atoms with Crippen LogP contribution in [0, 0.1) is 15.5 Å². The molecule has 0 bridgehead atoms. The van der Waals surface area contributed by atoms with Crippen molar-refractivity contribution in [2.75, 3.05) is 7.11 Å². The Morgan fingerprint density at radius 2 is 2.04 bits per heavy atom. The molecule has 0 saturated carbocycles. The van der Waals surface area contributed by atoms with E-state index in [2.05, 4.69) is 5.10 Å². The summed E-state index contributed by atoms with van der Waals surface area (Å²) in [6.07, 6.45) is 0.308. The Bertz CT molecular complexity index is 1010. The summed E-state index contributed by atoms with van der Waals surface area (Å²) >= 11 is 0. The van der Waals surface area contributed by atoms with Crippen LogP contribution in [0.4, 0.5) is 5.69 Å². The van der Waals surface area contributed by atoms with Crippen LogP contribution in [0.3, 0.4) is 0 Å². The van der Waals surface area contributed by atoms with Gasteiger partial charge in [-0.05, 0) is 29.8 Å². The number of nitrogens with one attached hydrogen (secondary N) is 1. The highest BCUT2D eigenvalue weighted by molar-refractivity contribution is 5.80. The van der Waals surface area contributed by atoms with E-state index in [1.165, 1.54) is 12.1 Å². The number of benzene rings is 2. The van der Waals surface area contributed by atoms with Crippen molar-refractivity contribution in [2.45, 2.75) is 6.42 Å². The van der Waals surface area contributed by atoms with E-state index < -0.39 is 10.9 Å². The van der Waals surface area contributed by atoms with Crippen molar-refractivity contribution in [1.82, 2.24) is 9.78 Å². The summed E-state index contributed by atoms with van der Waals surface area (Å²) in [5.74, 6) is -0.0194. The molecule has 4 N–H and O–H groups in total. The van der Waals surface area contributed by atoms with E-state index in [1.807, 2.05) is 18.2 Å². The number of aromatic hydroxyl groups is 1. The Morgan fingerprint density at radius 3 is 2.63 bits per heavy atom. The third-order valence-corrected chi connectivity index (χ3v) is 4.05. The summed E-state index contributed by atoms with van der Waals surface area (Å²) in [7, 11) is 1.56. The molecule has 3 aromatic rings. The second-order valence-electron chi connectivity index (χ2n) is 5.78. The van der Waals surface area contributed by atoms with Gasteiger partial charge in [0.25, 0.3) is 5.69 Å². The fourth-order valence-corrected chi connectivity index (χ4v) is 2.73. The number of hydrogen-bond acceptors (Lipinski definition) is 6. The molecule has 1 aromatic heterocycles. The van der Waals surface area contributed by atoms with E-state index in [1.54, 1.807) is 25.3 Å². The number of nitrogen functional groups attached to an aromatic ring is 1. The molecule has 0 aliphatic carbocycles. The smallest absolute Gasteiger partial charge is 0.269 e. The SMILES string of the molecule is COc1cccc(Cc2c(-c3ccc([N+](=O)[O-])cc3)nn(C(=N)N)c2O)c1. The molecule has 0 saturated heterocycles. The molecule has 9 heteroatoms. The maximum absolute atomic E-state index is 10.9. The lowest BCUT2D eigenvalue weighted by Gasteiger charge is -2.06. The van der Waals surface area contributed by atoms with Gasteiger partial charge in [-0.3, -0.25) is 15.5 Å². The number of nitro benzene ring substituents is 1. The fraction of sp³-hybridized carbons (Fsp3) is 0.111. The van der Waals surface area contributed by atoms with Crippen LogP contribution in [0.25, 0.3) is 11.3 Å². The maximum Gasteiger partial charge on any atom is 0.269 e. The first-order chi connectivity index (χ1) is 12.9. The van der Waals surface area contributed by atoms with E-state index in [-0.39, 0.29) is 11.6 Å². The third-order valence-electron chi connectivity index (χ3n) is 4.05. The average molecular weight is 367 g/mol. The molecule has 0 spiro atoms. The number of nitro groups is 1. The fourth-order valence-electron chi connectivity index (χ4n) is 2.73. The molecule has 3 rings (SSSR count). The van der Waals surface area contributed by atoms with Crippen molar-refractivity contribution >= 4 is 11.6 Å². The van der Waals surface area contributed by atoms with E-state index in [0.717, 1.165) is 10.2 Å². The molecule has 1 heterocycles. The molecule has 0 amide bonds. The Labute approximate surface area is 154 Å². The Morgan fingerprint density at radius 1 is 1.33 bits per heavy atom. The lowest BCUT2D eigenvalue weighted by atomic mass is 10.0. The van der Waals surface area contributed by atoms with Gasteiger partial charge in [0.1, 0.15) is 11.4 Å². The predicted octanol–water partition coefficient (Wildman–Crippen LogP) is 2.50. The monoisotopic (exact) mass is 367 g/mol. The Kier molecular flexibility index (Phi) is 4.75. The predicted molar refractivity (Wildman–Crippen MR) is 99.1 cm³/mol. The van der Waals surface area contributed by atoms with Crippen LogP contribution in [-0.4, -0.2) is 32.9 Å². The molecule has 138 valence electrons. The van der Waals surface area contributed by atoms with Crippen LogP contribution in [0.2, 0.25) is 0 Å². The zero-order chi connectivity index (χ0) is 19.6. The normalized spacial score (nSPS) is 10.6. The van der Waals surface area contributed by atoms with Crippen molar-refractivity contribution in [1.29, 1.82) is 5.41 Å². The zero-order valence-corrected chi connectivity index (χ0v) is 14.4. The number of aromatic nitrogens is 2. The average Bonchev–Trinajstić information content (AvgIpc) is 2.99. The van der Waals surface area contributed by atoms with E-state index in [0.29, 0.717) is 29.0 Å². The van der Waals surface area contributed by atoms with Gasteiger partial charge in [-0.25, -0.2) is 0 Å². The van der Waals surface area contributed by atoms with Crippen LogP contribution in [0.1, 0.15) is 11.1 Å². The molecule has 27 heavy (non-hydrogen) atoms. The minimum atomic E-state index is -0.493. The molecule has 0 radical (unpaired) electrons. The Balaban J connectivity index is 2.08. The number of rotatable bonds is 5. The van der Waals surface area contributed by atoms with Crippen LogP contribution in [0.5, 0.6) is 11.6 Å². The number of nitrogens with two attached hydrogens (primary N) is 1. The molecule has 0 aliphatic rings. The molecule has 0 unspecified atom stereocenters. The van der Waals surface area contributed by atoms with Gasteiger partial charge < -0.3 is 15.6 Å².